The van der Waals surface area contributed by atoms with Crippen LogP contribution in [0.25, 0.3) is 0 Å². The Morgan fingerprint density at radius 1 is 1.67 bits per heavy atom. The molecule has 0 aliphatic heterocycles. The predicted molar refractivity (Wildman–Crippen MR) is 38.8 cm³/mol. The molecule has 64 valence electrons. The normalized spacial score (nSPS) is 12.5. The van der Waals surface area contributed by atoms with E-state index in [-0.39, 0.29) is 5.69 Å². The van der Waals surface area contributed by atoms with Crippen LogP contribution in [0.15, 0.2) is 18.3 Å². The number of carbonyl (C=O) groups is 1. The number of nitrogens with zero attached hydrogens (tertiary/aromatic N) is 1. The summed E-state index contributed by atoms with van der Waals surface area (Å²) >= 11 is 0. The van der Waals surface area contributed by atoms with Crippen molar-refractivity contribution in [2.75, 3.05) is 0 Å². The number of hydrogen-bond donors (Lipinski definition) is 2. The van der Waals surface area contributed by atoms with Crippen LogP contribution in [0.3, 0.4) is 0 Å². The zero-order chi connectivity index (χ0) is 9.14. The van der Waals surface area contributed by atoms with Crippen molar-refractivity contribution in [3.63, 3.8) is 0 Å². The van der Waals surface area contributed by atoms with Crippen LogP contribution in [-0.2, 0) is 4.79 Å². The predicted octanol–water partition coefficient (Wildman–Crippen LogP) is 0.305. The Morgan fingerprint density at radius 3 is 2.75 bits per heavy atom. The van der Waals surface area contributed by atoms with Gasteiger partial charge in [-0.2, -0.15) is 0 Å². The molecule has 0 radical (unpaired) electrons. The van der Waals surface area contributed by atoms with Crippen molar-refractivity contribution in [1.82, 2.24) is 4.98 Å². The van der Waals surface area contributed by atoms with Gasteiger partial charge in [-0.05, 0) is 12.1 Å². The third-order valence-corrected chi connectivity index (χ3v) is 1.33. The quantitative estimate of drug-likeness (QED) is 0.669. The third-order valence-electron chi connectivity index (χ3n) is 1.33. The van der Waals surface area contributed by atoms with Crippen LogP contribution in [0.5, 0.6) is 0 Å². The summed E-state index contributed by atoms with van der Waals surface area (Å²) < 4.78 is 12.3. The van der Waals surface area contributed by atoms with E-state index in [9.17, 15) is 9.18 Å². The molecule has 0 spiro atoms. The van der Waals surface area contributed by atoms with E-state index in [1.807, 2.05) is 0 Å². The van der Waals surface area contributed by atoms with Gasteiger partial charge in [0.25, 0.3) is 0 Å². The van der Waals surface area contributed by atoms with Crippen LogP contribution in [-0.4, -0.2) is 16.1 Å². The molecule has 0 aliphatic rings. The first-order valence-corrected chi connectivity index (χ1v) is 3.21. The largest absolute Gasteiger partial charge is 0.480 e. The van der Waals surface area contributed by atoms with Gasteiger partial charge in [-0.3, -0.25) is 9.78 Å². The number of carboxylic acid groups (broad SMARTS) is 1. The maximum atomic E-state index is 12.3. The molecule has 1 aromatic rings. The van der Waals surface area contributed by atoms with Crippen LogP contribution in [0.4, 0.5) is 4.39 Å². The lowest BCUT2D eigenvalue weighted by molar-refractivity contribution is -0.138. The van der Waals surface area contributed by atoms with Crippen LogP contribution in [0.2, 0.25) is 0 Å². The number of carboxylic acids is 1. The molecule has 1 unspecified atom stereocenters. The standard InChI is InChI=1S/C7H7FN2O2/c8-4-1-2-5(10-3-4)6(9)7(11)12/h1-3,6H,9H2,(H,11,12). The second kappa shape index (κ2) is 3.27. The monoisotopic (exact) mass is 170 g/mol. The van der Waals surface area contributed by atoms with Crippen LogP contribution >= 0.6 is 0 Å². The highest BCUT2D eigenvalue weighted by atomic mass is 19.1. The Morgan fingerprint density at radius 2 is 2.33 bits per heavy atom. The lowest BCUT2D eigenvalue weighted by atomic mass is 10.2. The number of rotatable bonds is 2. The SMILES string of the molecule is NC(C(=O)O)c1ccc(F)cn1. The van der Waals surface area contributed by atoms with Gasteiger partial charge in [-0.25, -0.2) is 4.39 Å². The second-order valence-corrected chi connectivity index (χ2v) is 2.22. The molecule has 1 atom stereocenters. The van der Waals surface area contributed by atoms with Gasteiger partial charge in [0.05, 0.1) is 11.9 Å². The van der Waals surface area contributed by atoms with E-state index in [1.54, 1.807) is 0 Å². The minimum atomic E-state index is -1.19. The van der Waals surface area contributed by atoms with Crippen molar-refractivity contribution in [3.8, 4) is 0 Å². The summed E-state index contributed by atoms with van der Waals surface area (Å²) in [5.41, 5.74) is 5.35. The molecule has 1 rings (SSSR count). The first-order chi connectivity index (χ1) is 5.61. The first-order valence-electron chi connectivity index (χ1n) is 3.21. The van der Waals surface area contributed by atoms with Gasteiger partial charge in [-0.1, -0.05) is 0 Å². The highest BCUT2D eigenvalue weighted by Crippen LogP contribution is 2.06. The van der Waals surface area contributed by atoms with Gasteiger partial charge in [0, 0.05) is 0 Å². The fourth-order valence-corrected chi connectivity index (χ4v) is 0.698. The van der Waals surface area contributed by atoms with Crippen LogP contribution in [0, 0.1) is 5.82 Å². The highest BCUT2D eigenvalue weighted by molar-refractivity contribution is 5.74. The average Bonchev–Trinajstić information content (AvgIpc) is 2.04. The fourth-order valence-electron chi connectivity index (χ4n) is 0.698. The summed E-state index contributed by atoms with van der Waals surface area (Å²) in [6.07, 6.45) is 0.929. The molecule has 0 amide bonds. The number of aliphatic carboxylic acids is 1. The van der Waals surface area contributed by atoms with Crippen molar-refractivity contribution in [2.24, 2.45) is 5.73 Å². The number of hydrogen-bond acceptors (Lipinski definition) is 3. The number of halogens is 1. The topological polar surface area (TPSA) is 76.2 Å². The van der Waals surface area contributed by atoms with E-state index in [0.29, 0.717) is 0 Å². The zero-order valence-electron chi connectivity index (χ0n) is 6.07. The Balaban J connectivity index is 2.89. The highest BCUT2D eigenvalue weighted by Gasteiger charge is 2.14. The van der Waals surface area contributed by atoms with E-state index in [4.69, 9.17) is 10.8 Å². The first kappa shape index (κ1) is 8.61. The molecule has 3 N–H and O–H groups in total. The molecule has 12 heavy (non-hydrogen) atoms. The molecule has 1 heterocycles. The Kier molecular flexibility index (Phi) is 2.35. The summed E-state index contributed by atoms with van der Waals surface area (Å²) in [5, 5.41) is 8.45. The Labute approximate surface area is 67.8 Å². The average molecular weight is 170 g/mol. The Bertz CT molecular complexity index is 286. The molecular weight excluding hydrogens is 163 g/mol. The minimum absolute atomic E-state index is 0.143. The van der Waals surface area contributed by atoms with Crippen molar-refractivity contribution in [3.05, 3.63) is 29.8 Å². The second-order valence-electron chi connectivity index (χ2n) is 2.22. The third kappa shape index (κ3) is 1.76. The van der Waals surface area contributed by atoms with Crippen molar-refractivity contribution < 1.29 is 14.3 Å². The van der Waals surface area contributed by atoms with Gasteiger partial charge in [0.2, 0.25) is 0 Å². The maximum absolute atomic E-state index is 12.3. The van der Waals surface area contributed by atoms with E-state index in [1.165, 1.54) is 6.07 Å². The van der Waals surface area contributed by atoms with Gasteiger partial charge in [0.15, 0.2) is 0 Å². The van der Waals surface area contributed by atoms with Gasteiger partial charge in [0.1, 0.15) is 11.9 Å². The molecule has 0 saturated carbocycles. The molecule has 0 aliphatic carbocycles. The van der Waals surface area contributed by atoms with Crippen LogP contribution in [0.1, 0.15) is 11.7 Å². The van der Waals surface area contributed by atoms with Crippen molar-refractivity contribution in [2.45, 2.75) is 6.04 Å². The smallest absolute Gasteiger partial charge is 0.326 e. The molecule has 0 bridgehead atoms. The fraction of sp³-hybridized carbons (Fsp3) is 0.143. The molecule has 0 aromatic carbocycles. The molecule has 1 aromatic heterocycles. The lowest BCUT2D eigenvalue weighted by Crippen LogP contribution is -2.21. The van der Waals surface area contributed by atoms with E-state index in [2.05, 4.69) is 4.98 Å². The summed E-state index contributed by atoms with van der Waals surface area (Å²) in [6, 6.07) is 1.17. The van der Waals surface area contributed by atoms with E-state index in [0.717, 1.165) is 12.3 Å². The van der Waals surface area contributed by atoms with Crippen LogP contribution < -0.4 is 5.73 Å². The van der Waals surface area contributed by atoms with Crippen molar-refractivity contribution >= 4 is 5.97 Å². The molecule has 5 heteroatoms. The summed E-state index contributed by atoms with van der Waals surface area (Å²) in [5.74, 6) is -1.70. The number of pyridine rings is 1. The van der Waals surface area contributed by atoms with Gasteiger partial charge >= 0.3 is 5.97 Å². The molecule has 0 saturated heterocycles. The zero-order valence-corrected chi connectivity index (χ0v) is 6.07. The van der Waals surface area contributed by atoms with Crippen molar-refractivity contribution in [1.29, 1.82) is 0 Å². The maximum Gasteiger partial charge on any atom is 0.326 e. The summed E-state index contributed by atoms with van der Waals surface area (Å²) in [6.45, 7) is 0. The molecule has 0 fully saturated rings. The summed E-state index contributed by atoms with van der Waals surface area (Å²) in [4.78, 5) is 13.8. The molecular formula is C7H7FN2O2. The Hall–Kier alpha value is -1.49. The molecule has 4 nitrogen and oxygen atoms in total. The van der Waals surface area contributed by atoms with Gasteiger partial charge < -0.3 is 10.8 Å². The minimum Gasteiger partial charge on any atom is -0.480 e. The lowest BCUT2D eigenvalue weighted by Gasteiger charge is -2.03. The van der Waals surface area contributed by atoms with Gasteiger partial charge in [-0.15, -0.1) is 0 Å². The number of aromatic nitrogens is 1. The number of nitrogens with two attached hydrogens (primary N) is 1. The summed E-state index contributed by atoms with van der Waals surface area (Å²) in [7, 11) is 0. The van der Waals surface area contributed by atoms with E-state index < -0.39 is 17.8 Å². The van der Waals surface area contributed by atoms with E-state index >= 15 is 0 Å².